The van der Waals surface area contributed by atoms with Gasteiger partial charge in [-0.1, -0.05) is 0 Å². The van der Waals surface area contributed by atoms with Gasteiger partial charge in [-0.25, -0.2) is 13.4 Å². The fourth-order valence-electron chi connectivity index (χ4n) is 2.26. The van der Waals surface area contributed by atoms with Crippen LogP contribution in [0.4, 0.5) is 5.69 Å². The minimum atomic E-state index is -3.69. The van der Waals surface area contributed by atoms with Crippen molar-refractivity contribution in [3.8, 4) is 5.75 Å². The van der Waals surface area contributed by atoms with E-state index in [4.69, 9.17) is 4.74 Å². The highest BCUT2D eigenvalue weighted by Gasteiger charge is 2.20. The summed E-state index contributed by atoms with van der Waals surface area (Å²) in [4.78, 5) is 4.40. The molecular formula is C15H15N3O3S. The molecule has 2 aromatic heterocycles. The number of hydrogen-bond donors (Lipinski definition) is 1. The summed E-state index contributed by atoms with van der Waals surface area (Å²) in [6.07, 6.45) is 3.19. The van der Waals surface area contributed by atoms with Crippen molar-refractivity contribution >= 4 is 26.7 Å². The molecule has 114 valence electrons. The van der Waals surface area contributed by atoms with Gasteiger partial charge in [-0.3, -0.25) is 4.72 Å². The molecular weight excluding hydrogens is 302 g/mol. The van der Waals surface area contributed by atoms with Gasteiger partial charge >= 0.3 is 0 Å². The molecule has 0 fully saturated rings. The normalized spacial score (nSPS) is 11.5. The molecule has 0 aliphatic carbocycles. The first-order valence-corrected chi connectivity index (χ1v) is 8.06. The number of ether oxygens (including phenoxy) is 1. The third-order valence-electron chi connectivity index (χ3n) is 3.33. The maximum absolute atomic E-state index is 12.6. The second-order valence-electron chi connectivity index (χ2n) is 4.81. The molecule has 3 rings (SSSR count). The van der Waals surface area contributed by atoms with Crippen LogP contribution in [0.1, 0.15) is 0 Å². The Labute approximate surface area is 128 Å². The molecule has 0 radical (unpaired) electrons. The van der Waals surface area contributed by atoms with E-state index in [0.717, 1.165) is 0 Å². The number of methoxy groups -OCH3 is 1. The van der Waals surface area contributed by atoms with Crippen LogP contribution in [0.5, 0.6) is 5.75 Å². The van der Waals surface area contributed by atoms with E-state index in [1.165, 1.54) is 0 Å². The zero-order valence-corrected chi connectivity index (χ0v) is 13.0. The number of hydrogen-bond acceptors (Lipinski definition) is 4. The van der Waals surface area contributed by atoms with Gasteiger partial charge in [0.25, 0.3) is 10.0 Å². The van der Waals surface area contributed by atoms with Crippen molar-refractivity contribution in [2.45, 2.75) is 4.90 Å². The van der Waals surface area contributed by atoms with Gasteiger partial charge in [-0.2, -0.15) is 0 Å². The summed E-state index contributed by atoms with van der Waals surface area (Å²) in [6.45, 7) is 0. The van der Waals surface area contributed by atoms with Gasteiger partial charge in [0.05, 0.1) is 7.11 Å². The van der Waals surface area contributed by atoms with Gasteiger partial charge in [0.2, 0.25) is 0 Å². The van der Waals surface area contributed by atoms with Gasteiger partial charge in [0, 0.05) is 30.5 Å². The number of nitrogens with one attached hydrogen (secondary N) is 1. The van der Waals surface area contributed by atoms with Crippen LogP contribution in [0.2, 0.25) is 0 Å². The van der Waals surface area contributed by atoms with E-state index < -0.39 is 10.0 Å². The predicted octanol–water partition coefficient (Wildman–Crippen LogP) is 2.38. The topological polar surface area (TPSA) is 73.2 Å². The highest BCUT2D eigenvalue weighted by atomic mass is 32.2. The molecule has 6 nitrogen and oxygen atoms in total. The fourth-order valence-corrected chi connectivity index (χ4v) is 3.56. The van der Waals surface area contributed by atoms with Crippen molar-refractivity contribution in [2.75, 3.05) is 11.8 Å². The lowest BCUT2D eigenvalue weighted by Crippen LogP contribution is -2.12. The van der Waals surface area contributed by atoms with Crippen molar-refractivity contribution in [1.82, 2.24) is 9.55 Å². The lowest BCUT2D eigenvalue weighted by Gasteiger charge is -2.07. The lowest BCUT2D eigenvalue weighted by atomic mass is 10.3. The van der Waals surface area contributed by atoms with Gasteiger partial charge in [-0.05, 0) is 36.4 Å². The number of benzene rings is 1. The Morgan fingerprint density at radius 2 is 1.91 bits per heavy atom. The number of nitrogens with zero attached hydrogens (tertiary/aromatic N) is 2. The summed E-state index contributed by atoms with van der Waals surface area (Å²) >= 11 is 0. The second-order valence-corrected chi connectivity index (χ2v) is 6.46. The number of rotatable bonds is 4. The van der Waals surface area contributed by atoms with Crippen molar-refractivity contribution in [2.24, 2.45) is 7.05 Å². The van der Waals surface area contributed by atoms with Crippen molar-refractivity contribution < 1.29 is 13.2 Å². The predicted molar refractivity (Wildman–Crippen MR) is 84.5 cm³/mol. The zero-order valence-electron chi connectivity index (χ0n) is 12.1. The summed E-state index contributed by atoms with van der Waals surface area (Å²) in [6, 6.07) is 10.2. The van der Waals surface area contributed by atoms with E-state index in [9.17, 15) is 8.42 Å². The minimum Gasteiger partial charge on any atom is -0.497 e. The maximum atomic E-state index is 12.6. The molecule has 1 aromatic carbocycles. The van der Waals surface area contributed by atoms with Gasteiger partial charge in [-0.15, -0.1) is 0 Å². The molecule has 2 heterocycles. The Balaban J connectivity index is 2.01. The second kappa shape index (κ2) is 5.34. The van der Waals surface area contributed by atoms with Crippen LogP contribution in [-0.4, -0.2) is 25.1 Å². The summed E-state index contributed by atoms with van der Waals surface area (Å²) in [5.74, 6) is 0.664. The molecule has 0 aliphatic heterocycles. The van der Waals surface area contributed by atoms with Crippen molar-refractivity contribution in [3.63, 3.8) is 0 Å². The zero-order chi connectivity index (χ0) is 15.7. The molecule has 3 aromatic rings. The van der Waals surface area contributed by atoms with E-state index >= 15 is 0 Å². The van der Waals surface area contributed by atoms with Crippen molar-refractivity contribution in [1.29, 1.82) is 0 Å². The standard InChI is InChI=1S/C15H15N3O3S/c1-18-10-14(13-4-3-9-16-15(13)18)22(19,20)17-11-5-7-12(21-2)8-6-11/h3-10,17H,1-2H3. The molecule has 22 heavy (non-hydrogen) atoms. The molecule has 0 amide bonds. The number of fused-ring (bicyclic) bond motifs is 1. The summed E-state index contributed by atoms with van der Waals surface area (Å²) in [5, 5.41) is 0.589. The Bertz CT molecular complexity index is 915. The number of aromatic nitrogens is 2. The molecule has 1 N–H and O–H groups in total. The van der Waals surface area contributed by atoms with E-state index in [1.54, 1.807) is 67.5 Å². The Morgan fingerprint density at radius 3 is 2.59 bits per heavy atom. The molecule has 0 saturated carbocycles. The molecule has 0 spiro atoms. The molecule has 7 heteroatoms. The SMILES string of the molecule is COc1ccc(NS(=O)(=O)c2cn(C)c3ncccc23)cc1. The number of anilines is 1. The van der Waals surface area contributed by atoms with E-state index in [0.29, 0.717) is 22.5 Å². The monoisotopic (exact) mass is 317 g/mol. The van der Waals surface area contributed by atoms with E-state index in [2.05, 4.69) is 9.71 Å². The summed E-state index contributed by atoms with van der Waals surface area (Å²) in [7, 11) is -0.367. The van der Waals surface area contributed by atoms with Crippen LogP contribution in [0.15, 0.2) is 53.7 Å². The highest BCUT2D eigenvalue weighted by Crippen LogP contribution is 2.25. The molecule has 0 bridgehead atoms. The van der Waals surface area contributed by atoms with Crippen LogP contribution in [-0.2, 0) is 17.1 Å². The number of pyridine rings is 1. The van der Waals surface area contributed by atoms with Gasteiger partial charge in [0.15, 0.2) is 0 Å². The maximum Gasteiger partial charge on any atom is 0.264 e. The first kappa shape index (κ1) is 14.4. The van der Waals surface area contributed by atoms with Gasteiger partial charge in [0.1, 0.15) is 16.3 Å². The number of aryl methyl sites for hydroxylation is 1. The van der Waals surface area contributed by atoms with E-state index in [-0.39, 0.29) is 4.90 Å². The first-order valence-electron chi connectivity index (χ1n) is 6.58. The molecule has 0 saturated heterocycles. The Kier molecular flexibility index (Phi) is 3.50. The average Bonchev–Trinajstić information content (AvgIpc) is 2.86. The molecule has 0 unspecified atom stereocenters. The van der Waals surface area contributed by atoms with Crippen LogP contribution in [0.25, 0.3) is 11.0 Å². The average molecular weight is 317 g/mol. The number of sulfonamides is 1. The van der Waals surface area contributed by atoms with Crippen LogP contribution in [0.3, 0.4) is 0 Å². The largest absolute Gasteiger partial charge is 0.497 e. The molecule has 0 atom stereocenters. The Morgan fingerprint density at radius 1 is 1.18 bits per heavy atom. The third-order valence-corrected chi connectivity index (χ3v) is 4.74. The van der Waals surface area contributed by atoms with Crippen LogP contribution in [0, 0.1) is 0 Å². The quantitative estimate of drug-likeness (QED) is 0.802. The lowest BCUT2D eigenvalue weighted by molar-refractivity contribution is 0.415. The first-order chi connectivity index (χ1) is 10.5. The fraction of sp³-hybridized carbons (Fsp3) is 0.133. The van der Waals surface area contributed by atoms with Crippen LogP contribution >= 0.6 is 0 Å². The smallest absolute Gasteiger partial charge is 0.264 e. The van der Waals surface area contributed by atoms with Crippen LogP contribution < -0.4 is 9.46 Å². The van der Waals surface area contributed by atoms with E-state index in [1.807, 2.05) is 0 Å². The molecule has 0 aliphatic rings. The van der Waals surface area contributed by atoms with Crippen molar-refractivity contribution in [3.05, 3.63) is 48.8 Å². The minimum absolute atomic E-state index is 0.203. The Hall–Kier alpha value is -2.54. The highest BCUT2D eigenvalue weighted by molar-refractivity contribution is 7.93. The third kappa shape index (κ3) is 2.50. The van der Waals surface area contributed by atoms with Gasteiger partial charge < -0.3 is 9.30 Å². The summed E-state index contributed by atoms with van der Waals surface area (Å²) in [5.41, 5.74) is 1.10. The summed E-state index contributed by atoms with van der Waals surface area (Å²) < 4.78 is 34.5.